The van der Waals surface area contributed by atoms with E-state index in [9.17, 15) is 20.2 Å². The summed E-state index contributed by atoms with van der Waals surface area (Å²) >= 11 is 0. The summed E-state index contributed by atoms with van der Waals surface area (Å²) in [6.45, 7) is 4.00. The Labute approximate surface area is 109 Å². The molecule has 0 aromatic heterocycles. The molecule has 8 nitrogen and oxygen atoms in total. The molecule has 1 heterocycles. The van der Waals surface area contributed by atoms with Crippen molar-refractivity contribution in [1.29, 1.82) is 0 Å². The summed E-state index contributed by atoms with van der Waals surface area (Å²) in [5, 5.41) is 25.0. The fourth-order valence-corrected chi connectivity index (χ4v) is 2.19. The summed E-state index contributed by atoms with van der Waals surface area (Å²) in [5.74, 6) is 0. The smallest absolute Gasteiger partial charge is 0.299 e. The summed E-state index contributed by atoms with van der Waals surface area (Å²) in [5.41, 5.74) is -0.0501. The first kappa shape index (κ1) is 13.2. The van der Waals surface area contributed by atoms with Crippen molar-refractivity contribution in [3.63, 3.8) is 0 Å². The minimum absolute atomic E-state index is 0.219. The number of piperazine rings is 1. The van der Waals surface area contributed by atoms with Crippen molar-refractivity contribution in [2.24, 2.45) is 0 Å². The summed E-state index contributed by atoms with van der Waals surface area (Å²) < 4.78 is 0. The van der Waals surface area contributed by atoms with Gasteiger partial charge >= 0.3 is 0 Å². The van der Waals surface area contributed by atoms with Gasteiger partial charge in [0, 0.05) is 31.7 Å². The van der Waals surface area contributed by atoms with Gasteiger partial charge in [0.25, 0.3) is 11.4 Å². The molecule has 102 valence electrons. The molecule has 0 amide bonds. The lowest BCUT2D eigenvalue weighted by atomic mass is 10.1. The van der Waals surface area contributed by atoms with E-state index in [2.05, 4.69) is 5.32 Å². The quantitative estimate of drug-likeness (QED) is 0.653. The number of hydrogen-bond acceptors (Lipinski definition) is 6. The van der Waals surface area contributed by atoms with Crippen LogP contribution in [-0.4, -0.2) is 35.5 Å². The molecule has 0 bridgehead atoms. The highest BCUT2D eigenvalue weighted by Gasteiger charge is 2.25. The number of anilines is 1. The molecule has 0 saturated carbocycles. The predicted molar refractivity (Wildman–Crippen MR) is 69.4 cm³/mol. The zero-order valence-electron chi connectivity index (χ0n) is 10.4. The third-order valence-electron chi connectivity index (χ3n) is 3.08. The number of rotatable bonds is 3. The van der Waals surface area contributed by atoms with Gasteiger partial charge in [-0.05, 0) is 13.0 Å². The molecule has 1 N–H and O–H groups in total. The van der Waals surface area contributed by atoms with E-state index >= 15 is 0 Å². The van der Waals surface area contributed by atoms with Crippen molar-refractivity contribution in [2.45, 2.75) is 13.0 Å². The van der Waals surface area contributed by atoms with Crippen molar-refractivity contribution in [3.8, 4) is 0 Å². The van der Waals surface area contributed by atoms with Crippen LogP contribution in [0.4, 0.5) is 17.1 Å². The lowest BCUT2D eigenvalue weighted by Crippen LogP contribution is -2.49. The Morgan fingerprint density at radius 1 is 1.32 bits per heavy atom. The van der Waals surface area contributed by atoms with E-state index in [0.29, 0.717) is 18.8 Å². The van der Waals surface area contributed by atoms with Crippen LogP contribution in [0.25, 0.3) is 0 Å². The Morgan fingerprint density at radius 2 is 2.05 bits per heavy atom. The highest BCUT2D eigenvalue weighted by atomic mass is 16.6. The fourth-order valence-electron chi connectivity index (χ4n) is 2.19. The van der Waals surface area contributed by atoms with Gasteiger partial charge in [-0.2, -0.15) is 0 Å². The van der Waals surface area contributed by atoms with Gasteiger partial charge in [0.15, 0.2) is 0 Å². The van der Waals surface area contributed by atoms with E-state index in [0.717, 1.165) is 12.6 Å². The first-order valence-corrected chi connectivity index (χ1v) is 5.90. The maximum Gasteiger partial charge on any atom is 0.299 e. The monoisotopic (exact) mass is 266 g/mol. The summed E-state index contributed by atoms with van der Waals surface area (Å²) in [6.07, 6.45) is 0. The normalized spacial score (nSPS) is 19.2. The van der Waals surface area contributed by atoms with E-state index in [1.807, 2.05) is 11.8 Å². The van der Waals surface area contributed by atoms with Gasteiger partial charge in [-0.25, -0.2) is 0 Å². The Bertz CT molecular complexity index is 519. The number of benzene rings is 1. The van der Waals surface area contributed by atoms with Gasteiger partial charge < -0.3 is 10.2 Å². The van der Waals surface area contributed by atoms with Gasteiger partial charge in [-0.3, -0.25) is 20.2 Å². The number of hydrogen-bond donors (Lipinski definition) is 1. The maximum atomic E-state index is 11.1. The number of nitrogens with zero attached hydrogens (tertiary/aromatic N) is 3. The molecule has 0 spiro atoms. The molecular formula is C11H14N4O4. The standard InChI is InChI=1S/C11H14N4O4/c1-8-7-13(5-4-12-8)10-3-2-9(14(16)17)6-11(10)15(18)19/h2-3,6,8,12H,4-5,7H2,1H3/t8-/m0/s1. The van der Waals surface area contributed by atoms with Crippen LogP contribution < -0.4 is 10.2 Å². The minimum Gasteiger partial charge on any atom is -0.363 e. The van der Waals surface area contributed by atoms with Crippen molar-refractivity contribution >= 4 is 17.1 Å². The second-order valence-electron chi connectivity index (χ2n) is 4.49. The van der Waals surface area contributed by atoms with Crippen molar-refractivity contribution in [3.05, 3.63) is 38.4 Å². The van der Waals surface area contributed by atoms with Gasteiger partial charge in [0.05, 0.1) is 15.9 Å². The van der Waals surface area contributed by atoms with Crippen LogP contribution in [0, 0.1) is 20.2 Å². The molecule has 1 aromatic carbocycles. The third kappa shape index (κ3) is 2.79. The van der Waals surface area contributed by atoms with Crippen LogP contribution in [0.2, 0.25) is 0 Å². The van der Waals surface area contributed by atoms with Crippen LogP contribution >= 0.6 is 0 Å². The average Bonchev–Trinajstić information content (AvgIpc) is 2.37. The topological polar surface area (TPSA) is 102 Å². The highest BCUT2D eigenvalue weighted by molar-refractivity contribution is 5.67. The number of nitrogens with one attached hydrogen (secondary N) is 1. The molecule has 1 aliphatic rings. The van der Waals surface area contributed by atoms with E-state index in [4.69, 9.17) is 0 Å². The maximum absolute atomic E-state index is 11.1. The molecule has 1 fully saturated rings. The average molecular weight is 266 g/mol. The largest absolute Gasteiger partial charge is 0.363 e. The zero-order valence-corrected chi connectivity index (χ0v) is 10.4. The molecule has 1 aromatic rings. The molecule has 1 atom stereocenters. The van der Waals surface area contributed by atoms with Crippen LogP contribution in [0.5, 0.6) is 0 Å². The van der Waals surface area contributed by atoms with Crippen molar-refractivity contribution in [1.82, 2.24) is 5.32 Å². The molecule has 0 radical (unpaired) electrons. The summed E-state index contributed by atoms with van der Waals surface area (Å²) in [4.78, 5) is 22.4. The predicted octanol–water partition coefficient (Wildman–Crippen LogP) is 1.30. The van der Waals surface area contributed by atoms with Gasteiger partial charge in [0.2, 0.25) is 0 Å². The molecule has 8 heteroatoms. The zero-order chi connectivity index (χ0) is 14.0. The highest BCUT2D eigenvalue weighted by Crippen LogP contribution is 2.32. The van der Waals surface area contributed by atoms with E-state index < -0.39 is 9.85 Å². The second-order valence-corrected chi connectivity index (χ2v) is 4.49. The molecule has 1 saturated heterocycles. The van der Waals surface area contributed by atoms with Crippen molar-refractivity contribution < 1.29 is 9.85 Å². The van der Waals surface area contributed by atoms with Gasteiger partial charge in [0.1, 0.15) is 5.69 Å². The lowest BCUT2D eigenvalue weighted by molar-refractivity contribution is -0.393. The van der Waals surface area contributed by atoms with Gasteiger partial charge in [-0.1, -0.05) is 0 Å². The van der Waals surface area contributed by atoms with Crippen LogP contribution in [0.3, 0.4) is 0 Å². The minimum atomic E-state index is -0.628. The Balaban J connectivity index is 2.38. The summed E-state index contributed by atoms with van der Waals surface area (Å²) in [7, 11) is 0. The molecule has 0 unspecified atom stereocenters. The molecule has 2 rings (SSSR count). The van der Waals surface area contributed by atoms with Crippen LogP contribution in [0.1, 0.15) is 6.92 Å². The fraction of sp³-hybridized carbons (Fsp3) is 0.455. The Hall–Kier alpha value is -2.22. The third-order valence-corrected chi connectivity index (χ3v) is 3.08. The first-order valence-electron chi connectivity index (χ1n) is 5.90. The number of nitro groups is 2. The van der Waals surface area contributed by atoms with E-state index in [1.165, 1.54) is 12.1 Å². The Kier molecular flexibility index (Phi) is 3.61. The SMILES string of the molecule is C[C@H]1CN(c2ccc([N+](=O)[O-])cc2[N+](=O)[O-])CCN1. The summed E-state index contributed by atoms with van der Waals surface area (Å²) in [6, 6.07) is 3.99. The second kappa shape index (κ2) is 5.19. The number of non-ortho nitro benzene ring substituents is 1. The molecule has 0 aliphatic carbocycles. The van der Waals surface area contributed by atoms with Gasteiger partial charge in [-0.15, -0.1) is 0 Å². The molecule has 1 aliphatic heterocycles. The van der Waals surface area contributed by atoms with Crippen molar-refractivity contribution in [2.75, 3.05) is 24.5 Å². The number of nitro benzene ring substituents is 2. The molecule has 19 heavy (non-hydrogen) atoms. The Morgan fingerprint density at radius 3 is 2.63 bits per heavy atom. The lowest BCUT2D eigenvalue weighted by Gasteiger charge is -2.33. The molecular weight excluding hydrogens is 252 g/mol. The van der Waals surface area contributed by atoms with E-state index in [-0.39, 0.29) is 17.4 Å². The van der Waals surface area contributed by atoms with Crippen LogP contribution in [0.15, 0.2) is 18.2 Å². The first-order chi connectivity index (χ1) is 8.99. The van der Waals surface area contributed by atoms with E-state index in [1.54, 1.807) is 0 Å². The van der Waals surface area contributed by atoms with Crippen LogP contribution in [-0.2, 0) is 0 Å².